The van der Waals surface area contributed by atoms with Gasteiger partial charge in [-0.15, -0.1) is 0 Å². The van der Waals surface area contributed by atoms with Crippen LogP contribution in [0, 0.1) is 0 Å². The Morgan fingerprint density at radius 2 is 1.67 bits per heavy atom. The van der Waals surface area contributed by atoms with E-state index < -0.39 is 0 Å². The number of urea groups is 1. The van der Waals surface area contributed by atoms with Crippen molar-refractivity contribution < 1.29 is 9.59 Å². The van der Waals surface area contributed by atoms with Crippen LogP contribution in [0.1, 0.15) is 11.1 Å². The molecule has 3 amide bonds. The summed E-state index contributed by atoms with van der Waals surface area (Å²) in [6.45, 7) is 0.740. The summed E-state index contributed by atoms with van der Waals surface area (Å²) < 4.78 is 0. The molecule has 0 unspecified atom stereocenters. The predicted molar refractivity (Wildman–Crippen MR) is 94.6 cm³/mol. The third-order valence-electron chi connectivity index (χ3n) is 3.49. The second kappa shape index (κ2) is 8.93. The number of carbonyl (C=O) groups is 2. The van der Waals surface area contributed by atoms with Crippen LogP contribution in [0.5, 0.6) is 0 Å². The number of hydrogen-bond acceptors (Lipinski definition) is 2. The highest BCUT2D eigenvalue weighted by atomic mass is 35.5. The minimum atomic E-state index is -0.377. The van der Waals surface area contributed by atoms with E-state index in [1.165, 1.54) is 4.90 Å². The lowest BCUT2D eigenvalue weighted by molar-refractivity contribution is -0.129. The van der Waals surface area contributed by atoms with E-state index in [-0.39, 0.29) is 18.5 Å². The number of nitrogens with zero attached hydrogens (tertiary/aromatic N) is 1. The van der Waals surface area contributed by atoms with Gasteiger partial charge in [0.1, 0.15) is 0 Å². The zero-order valence-electron chi connectivity index (χ0n) is 13.5. The molecule has 0 aromatic heterocycles. The van der Waals surface area contributed by atoms with Crippen LogP contribution in [0.3, 0.4) is 0 Å². The first-order valence-corrected chi connectivity index (χ1v) is 7.97. The molecule has 126 valence electrons. The Balaban J connectivity index is 1.73. The molecule has 5 nitrogen and oxygen atoms in total. The van der Waals surface area contributed by atoms with E-state index in [4.69, 9.17) is 11.6 Å². The summed E-state index contributed by atoms with van der Waals surface area (Å²) >= 11 is 6.08. The van der Waals surface area contributed by atoms with Gasteiger partial charge in [-0.1, -0.05) is 60.1 Å². The molecule has 0 radical (unpaired) electrons. The summed E-state index contributed by atoms with van der Waals surface area (Å²) in [6, 6.07) is 16.5. The van der Waals surface area contributed by atoms with Crippen molar-refractivity contribution in [2.45, 2.75) is 13.1 Å². The molecule has 6 heteroatoms. The van der Waals surface area contributed by atoms with Gasteiger partial charge in [0.25, 0.3) is 0 Å². The average Bonchev–Trinajstić information content (AvgIpc) is 2.60. The van der Waals surface area contributed by atoms with Crippen LogP contribution in [0.2, 0.25) is 5.02 Å². The van der Waals surface area contributed by atoms with Crippen LogP contribution in [0.15, 0.2) is 54.6 Å². The topological polar surface area (TPSA) is 61.4 Å². The fourth-order valence-corrected chi connectivity index (χ4v) is 2.30. The van der Waals surface area contributed by atoms with Crippen molar-refractivity contribution in [3.63, 3.8) is 0 Å². The van der Waals surface area contributed by atoms with E-state index in [0.29, 0.717) is 18.1 Å². The lowest BCUT2D eigenvalue weighted by atomic mass is 10.2. The van der Waals surface area contributed by atoms with Crippen molar-refractivity contribution in [2.24, 2.45) is 0 Å². The first kappa shape index (κ1) is 17.8. The Bertz CT molecular complexity index is 692. The molecule has 0 aliphatic heterocycles. The molecule has 0 heterocycles. The Labute approximate surface area is 146 Å². The molecular formula is C18H20ClN3O2. The summed E-state index contributed by atoms with van der Waals surface area (Å²) in [5.41, 5.74) is 1.86. The number of rotatable bonds is 6. The number of benzene rings is 2. The monoisotopic (exact) mass is 345 g/mol. The maximum Gasteiger partial charge on any atom is 0.315 e. The van der Waals surface area contributed by atoms with Crippen molar-refractivity contribution >= 4 is 23.5 Å². The normalized spacial score (nSPS) is 10.1. The first-order chi connectivity index (χ1) is 11.6. The number of nitrogens with one attached hydrogen (secondary N) is 2. The predicted octanol–water partition coefficient (Wildman–Crippen LogP) is 2.80. The van der Waals surface area contributed by atoms with Crippen LogP contribution in [-0.4, -0.2) is 30.4 Å². The Morgan fingerprint density at radius 3 is 2.38 bits per heavy atom. The summed E-state index contributed by atoms with van der Waals surface area (Å²) in [4.78, 5) is 25.3. The van der Waals surface area contributed by atoms with Gasteiger partial charge < -0.3 is 15.5 Å². The molecule has 2 aromatic rings. The molecule has 0 bridgehead atoms. The second-order valence-corrected chi connectivity index (χ2v) is 5.77. The molecule has 0 saturated heterocycles. The minimum Gasteiger partial charge on any atom is -0.340 e. The van der Waals surface area contributed by atoms with E-state index in [1.54, 1.807) is 13.1 Å². The molecule has 2 rings (SSSR count). The molecule has 0 saturated carbocycles. The van der Waals surface area contributed by atoms with Gasteiger partial charge in [-0.3, -0.25) is 4.79 Å². The van der Waals surface area contributed by atoms with Gasteiger partial charge in [0.05, 0.1) is 6.54 Å². The molecule has 0 fully saturated rings. The van der Waals surface area contributed by atoms with E-state index >= 15 is 0 Å². The van der Waals surface area contributed by atoms with Crippen molar-refractivity contribution in [2.75, 3.05) is 13.6 Å². The highest BCUT2D eigenvalue weighted by Crippen LogP contribution is 2.16. The zero-order chi connectivity index (χ0) is 17.4. The number of halogens is 1. The molecule has 2 aromatic carbocycles. The van der Waals surface area contributed by atoms with Crippen LogP contribution in [-0.2, 0) is 17.9 Å². The molecule has 0 aliphatic rings. The standard InChI is InChI=1S/C18H20ClN3O2/c1-22(13-15-9-5-6-10-16(15)19)17(23)12-21-18(24)20-11-14-7-3-2-4-8-14/h2-10H,11-13H2,1H3,(H2,20,21,24). The van der Waals surface area contributed by atoms with Gasteiger partial charge in [0, 0.05) is 25.2 Å². The molecule has 2 N–H and O–H groups in total. The van der Waals surface area contributed by atoms with Gasteiger partial charge in [-0.2, -0.15) is 0 Å². The van der Waals surface area contributed by atoms with E-state index in [0.717, 1.165) is 11.1 Å². The van der Waals surface area contributed by atoms with E-state index in [1.807, 2.05) is 48.5 Å². The zero-order valence-corrected chi connectivity index (χ0v) is 14.2. The summed E-state index contributed by atoms with van der Waals surface area (Å²) in [5.74, 6) is -0.190. The van der Waals surface area contributed by atoms with Crippen molar-refractivity contribution in [3.05, 3.63) is 70.7 Å². The van der Waals surface area contributed by atoms with Gasteiger partial charge in [-0.05, 0) is 17.2 Å². The molecule has 0 spiro atoms. The van der Waals surface area contributed by atoms with Crippen molar-refractivity contribution in [1.82, 2.24) is 15.5 Å². The Morgan fingerprint density at radius 1 is 1.00 bits per heavy atom. The summed E-state index contributed by atoms with van der Waals surface area (Å²) in [7, 11) is 1.68. The highest BCUT2D eigenvalue weighted by Gasteiger charge is 2.12. The highest BCUT2D eigenvalue weighted by molar-refractivity contribution is 6.31. The van der Waals surface area contributed by atoms with Crippen molar-refractivity contribution in [1.29, 1.82) is 0 Å². The van der Waals surface area contributed by atoms with Crippen LogP contribution < -0.4 is 10.6 Å². The number of likely N-dealkylation sites (N-methyl/N-ethyl adjacent to an activating group) is 1. The SMILES string of the molecule is CN(Cc1ccccc1Cl)C(=O)CNC(=O)NCc1ccccc1. The van der Waals surface area contributed by atoms with Gasteiger partial charge in [0.2, 0.25) is 5.91 Å². The Hall–Kier alpha value is -2.53. The average molecular weight is 346 g/mol. The first-order valence-electron chi connectivity index (χ1n) is 7.59. The quantitative estimate of drug-likeness (QED) is 0.845. The summed E-state index contributed by atoms with van der Waals surface area (Å²) in [6.07, 6.45) is 0. The fourth-order valence-electron chi connectivity index (χ4n) is 2.10. The smallest absolute Gasteiger partial charge is 0.315 e. The number of carbonyl (C=O) groups excluding carboxylic acids is 2. The lowest BCUT2D eigenvalue weighted by Crippen LogP contribution is -2.42. The third kappa shape index (κ3) is 5.59. The molecule has 0 atom stereocenters. The second-order valence-electron chi connectivity index (χ2n) is 5.36. The largest absolute Gasteiger partial charge is 0.340 e. The number of hydrogen-bond donors (Lipinski definition) is 2. The van der Waals surface area contributed by atoms with Crippen LogP contribution in [0.4, 0.5) is 4.79 Å². The van der Waals surface area contributed by atoms with Crippen molar-refractivity contribution in [3.8, 4) is 0 Å². The van der Waals surface area contributed by atoms with Gasteiger partial charge >= 0.3 is 6.03 Å². The third-order valence-corrected chi connectivity index (χ3v) is 3.86. The number of amides is 3. The lowest BCUT2D eigenvalue weighted by Gasteiger charge is -2.18. The maximum absolute atomic E-state index is 12.1. The Kier molecular flexibility index (Phi) is 6.63. The van der Waals surface area contributed by atoms with Crippen LogP contribution in [0.25, 0.3) is 0 Å². The van der Waals surface area contributed by atoms with Gasteiger partial charge in [0.15, 0.2) is 0 Å². The maximum atomic E-state index is 12.1. The van der Waals surface area contributed by atoms with Gasteiger partial charge in [-0.25, -0.2) is 4.79 Å². The van der Waals surface area contributed by atoms with Crippen LogP contribution >= 0.6 is 11.6 Å². The molecular weight excluding hydrogens is 326 g/mol. The fraction of sp³-hybridized carbons (Fsp3) is 0.222. The molecule has 0 aliphatic carbocycles. The minimum absolute atomic E-state index is 0.0679. The summed E-state index contributed by atoms with van der Waals surface area (Å²) in [5, 5.41) is 5.89. The molecule has 24 heavy (non-hydrogen) atoms. The van der Waals surface area contributed by atoms with E-state index in [2.05, 4.69) is 10.6 Å². The van der Waals surface area contributed by atoms with E-state index in [9.17, 15) is 9.59 Å².